The molecule has 1 aromatic heterocycles. The monoisotopic (exact) mass is 532 g/mol. The van der Waals surface area contributed by atoms with Crippen molar-refractivity contribution in [2.24, 2.45) is 5.92 Å². The highest BCUT2D eigenvalue weighted by molar-refractivity contribution is 7.89. The SMILES string of the molecule is CC(C)C(NC(=O)c1ccc2c(c1)OCO2)C(=O)NC1CCCN(S(=O)(=O)c2cccc[n+]2[O-])CC1=O. The standard InChI is InChI=1S/C24H28N4O8S/c1-15(2)22(26-23(30)16-8-9-19-20(12-16)36-14-35-19)24(31)25-17-6-5-10-27(13-18(17)29)37(33,34)21-7-3-4-11-28(21)32/h3-4,7-9,11-12,15,17,22H,5-6,10,13-14H2,1-2H3,(H,25,31)(H,26,30). The topological polar surface area (TPSA) is 158 Å². The number of hydrogen-bond donors (Lipinski definition) is 2. The van der Waals surface area contributed by atoms with Crippen molar-refractivity contribution in [2.45, 2.75) is 43.8 Å². The van der Waals surface area contributed by atoms with Crippen LogP contribution in [0.25, 0.3) is 0 Å². The number of rotatable bonds is 7. The average molecular weight is 533 g/mol. The van der Waals surface area contributed by atoms with E-state index < -0.39 is 51.3 Å². The molecule has 0 saturated carbocycles. The Bertz CT molecular complexity index is 1310. The second kappa shape index (κ2) is 10.7. The van der Waals surface area contributed by atoms with E-state index >= 15 is 0 Å². The zero-order valence-corrected chi connectivity index (χ0v) is 21.2. The molecule has 12 nitrogen and oxygen atoms in total. The van der Waals surface area contributed by atoms with Gasteiger partial charge in [0.25, 0.3) is 5.91 Å². The van der Waals surface area contributed by atoms with E-state index in [2.05, 4.69) is 10.6 Å². The smallest absolute Gasteiger partial charge is 0.323 e. The van der Waals surface area contributed by atoms with Crippen molar-refractivity contribution < 1.29 is 37.0 Å². The number of ketones is 1. The van der Waals surface area contributed by atoms with Crippen molar-refractivity contribution in [1.82, 2.24) is 14.9 Å². The Kier molecular flexibility index (Phi) is 7.64. The van der Waals surface area contributed by atoms with Crippen LogP contribution in [0.3, 0.4) is 0 Å². The third-order valence-electron chi connectivity index (χ3n) is 6.20. The molecule has 2 amide bonds. The molecule has 2 unspecified atom stereocenters. The number of fused-ring (bicyclic) bond motifs is 1. The molecule has 1 aromatic carbocycles. The van der Waals surface area contributed by atoms with Crippen LogP contribution in [0.4, 0.5) is 0 Å². The summed E-state index contributed by atoms with van der Waals surface area (Å²) in [7, 11) is -4.21. The molecule has 1 saturated heterocycles. The molecule has 2 N–H and O–H groups in total. The highest BCUT2D eigenvalue weighted by Gasteiger charge is 2.37. The van der Waals surface area contributed by atoms with E-state index in [9.17, 15) is 28.0 Å². The van der Waals surface area contributed by atoms with Gasteiger partial charge >= 0.3 is 15.0 Å². The number of nitrogens with zero attached hydrogens (tertiary/aromatic N) is 2. The number of aromatic nitrogens is 1. The van der Waals surface area contributed by atoms with Crippen LogP contribution in [0, 0.1) is 11.1 Å². The van der Waals surface area contributed by atoms with Crippen molar-refractivity contribution in [1.29, 1.82) is 0 Å². The molecule has 198 valence electrons. The normalized spacial score (nSPS) is 18.8. The van der Waals surface area contributed by atoms with Crippen molar-refractivity contribution >= 4 is 27.6 Å². The summed E-state index contributed by atoms with van der Waals surface area (Å²) in [6.45, 7) is 3.10. The largest absolute Gasteiger partial charge is 0.618 e. The molecule has 2 aromatic rings. The first-order chi connectivity index (χ1) is 17.6. The molecule has 37 heavy (non-hydrogen) atoms. The lowest BCUT2D eigenvalue weighted by Gasteiger charge is -2.24. The summed E-state index contributed by atoms with van der Waals surface area (Å²) in [5, 5.41) is 16.9. The zero-order chi connectivity index (χ0) is 26.7. The highest BCUT2D eigenvalue weighted by atomic mass is 32.2. The second-order valence-corrected chi connectivity index (χ2v) is 11.0. The van der Waals surface area contributed by atoms with E-state index in [-0.39, 0.29) is 42.4 Å². The molecule has 3 heterocycles. The number of amides is 2. The minimum atomic E-state index is -4.21. The molecule has 0 radical (unpaired) electrons. The van der Waals surface area contributed by atoms with Gasteiger partial charge in [0.2, 0.25) is 12.7 Å². The fourth-order valence-electron chi connectivity index (χ4n) is 4.16. The van der Waals surface area contributed by atoms with Crippen LogP contribution in [-0.2, 0) is 19.6 Å². The minimum Gasteiger partial charge on any atom is -0.618 e. The summed E-state index contributed by atoms with van der Waals surface area (Å²) >= 11 is 0. The van der Waals surface area contributed by atoms with E-state index in [1.54, 1.807) is 26.0 Å². The van der Waals surface area contributed by atoms with Gasteiger partial charge < -0.3 is 25.3 Å². The number of carbonyl (C=O) groups excluding carboxylic acids is 3. The van der Waals surface area contributed by atoms with Gasteiger partial charge in [0.1, 0.15) is 6.04 Å². The van der Waals surface area contributed by atoms with Crippen molar-refractivity contribution in [3.8, 4) is 11.5 Å². The maximum atomic E-state index is 13.1. The van der Waals surface area contributed by atoms with Gasteiger partial charge in [0.15, 0.2) is 23.5 Å². The third kappa shape index (κ3) is 5.67. The number of ether oxygens (including phenoxy) is 2. The summed E-state index contributed by atoms with van der Waals surface area (Å²) in [5.41, 5.74) is 0.283. The van der Waals surface area contributed by atoms with Crippen LogP contribution in [-0.4, -0.2) is 62.3 Å². The van der Waals surface area contributed by atoms with Crippen molar-refractivity contribution in [3.05, 3.63) is 53.4 Å². The highest BCUT2D eigenvalue weighted by Crippen LogP contribution is 2.32. The van der Waals surface area contributed by atoms with Gasteiger partial charge in [-0.2, -0.15) is 9.04 Å². The Hall–Kier alpha value is -3.71. The molecule has 2 aliphatic heterocycles. The van der Waals surface area contributed by atoms with Gasteiger partial charge in [-0.15, -0.1) is 0 Å². The lowest BCUT2D eigenvalue weighted by Crippen LogP contribution is -2.54. The summed E-state index contributed by atoms with van der Waals surface area (Å²) in [6, 6.07) is 6.80. The van der Waals surface area contributed by atoms with E-state index in [4.69, 9.17) is 9.47 Å². The van der Waals surface area contributed by atoms with E-state index in [0.717, 1.165) is 10.5 Å². The number of pyridine rings is 1. The molecular weight excluding hydrogens is 504 g/mol. The van der Waals surface area contributed by atoms with Crippen LogP contribution >= 0.6 is 0 Å². The minimum absolute atomic E-state index is 0.0177. The van der Waals surface area contributed by atoms with Crippen molar-refractivity contribution in [2.75, 3.05) is 19.9 Å². The maximum absolute atomic E-state index is 13.1. The Labute approximate surface area is 214 Å². The average Bonchev–Trinajstić information content (AvgIpc) is 3.25. The van der Waals surface area contributed by atoms with Gasteiger partial charge in [0, 0.05) is 24.2 Å². The summed E-state index contributed by atoms with van der Waals surface area (Å²) in [5.74, 6) is -0.909. The zero-order valence-electron chi connectivity index (χ0n) is 20.4. The second-order valence-electron chi connectivity index (χ2n) is 9.14. The van der Waals surface area contributed by atoms with E-state index in [1.807, 2.05) is 0 Å². The first-order valence-corrected chi connectivity index (χ1v) is 13.2. The Morgan fingerprint density at radius 3 is 2.65 bits per heavy atom. The fraction of sp³-hybridized carbons (Fsp3) is 0.417. The third-order valence-corrected chi connectivity index (χ3v) is 8.04. The fourth-order valence-corrected chi connectivity index (χ4v) is 5.63. The number of hydrogen-bond acceptors (Lipinski definition) is 8. The first-order valence-electron chi connectivity index (χ1n) is 11.8. The van der Waals surface area contributed by atoms with Crippen LogP contribution < -0.4 is 24.8 Å². The van der Waals surface area contributed by atoms with Crippen LogP contribution in [0.2, 0.25) is 0 Å². The maximum Gasteiger partial charge on any atom is 0.323 e. The molecule has 1 fully saturated rings. The van der Waals surface area contributed by atoms with Gasteiger partial charge in [0.05, 0.1) is 12.6 Å². The number of sulfonamides is 1. The molecule has 0 spiro atoms. The lowest BCUT2D eigenvalue weighted by molar-refractivity contribution is -0.646. The van der Waals surface area contributed by atoms with Gasteiger partial charge in [-0.25, -0.2) is 8.42 Å². The quantitative estimate of drug-likeness (QED) is 0.382. The van der Waals surface area contributed by atoms with Crippen LogP contribution in [0.1, 0.15) is 37.0 Å². The number of Topliss-reactive ketones (excluding diaryl/α,β-unsaturated/α-hetero) is 1. The molecule has 4 rings (SSSR count). The van der Waals surface area contributed by atoms with Gasteiger partial charge in [-0.05, 0) is 43.0 Å². The number of carbonyl (C=O) groups is 3. The number of benzene rings is 1. The summed E-state index contributed by atoms with van der Waals surface area (Å²) in [4.78, 5) is 38.9. The summed E-state index contributed by atoms with van der Waals surface area (Å²) < 4.78 is 37.7. The summed E-state index contributed by atoms with van der Waals surface area (Å²) in [6.07, 6.45) is 1.57. The van der Waals surface area contributed by atoms with E-state index in [0.29, 0.717) is 11.5 Å². The Morgan fingerprint density at radius 2 is 1.92 bits per heavy atom. The molecule has 2 aliphatic rings. The molecule has 2 atom stereocenters. The lowest BCUT2D eigenvalue weighted by atomic mass is 10.0. The molecule has 0 bridgehead atoms. The van der Waals surface area contributed by atoms with Crippen molar-refractivity contribution in [3.63, 3.8) is 0 Å². The van der Waals surface area contributed by atoms with E-state index in [1.165, 1.54) is 24.3 Å². The molecule has 0 aliphatic carbocycles. The van der Waals surface area contributed by atoms with Crippen LogP contribution in [0.5, 0.6) is 11.5 Å². The molecular formula is C24H28N4O8S. The number of nitrogens with one attached hydrogen (secondary N) is 2. The van der Waals surface area contributed by atoms with Crippen LogP contribution in [0.15, 0.2) is 47.6 Å². The van der Waals surface area contributed by atoms with Gasteiger partial charge in [-0.3, -0.25) is 14.4 Å². The van der Waals surface area contributed by atoms with Gasteiger partial charge in [-0.1, -0.05) is 13.8 Å². The molecule has 13 heteroatoms. The Balaban J connectivity index is 1.42. The predicted octanol–water partition coefficient (Wildman–Crippen LogP) is 0.342. The predicted molar refractivity (Wildman–Crippen MR) is 129 cm³/mol. The first kappa shape index (κ1) is 26.4. The Morgan fingerprint density at radius 1 is 1.16 bits per heavy atom.